The second-order valence-electron chi connectivity index (χ2n) is 5.93. The standard InChI is InChI=1S/C20H20FN3O4S/c1-26-14-7-10-16(17(12-14)27-2)19-23-24-20(28-19)22-18(25)4-3-11-29-15-8-5-13(21)6-9-15/h5-10,12H,3-4,11H2,1-2H3,(H,22,24,25). The lowest BCUT2D eigenvalue weighted by molar-refractivity contribution is -0.116. The Morgan fingerprint density at radius 1 is 1.14 bits per heavy atom. The van der Waals surface area contributed by atoms with Crippen LogP contribution in [0.4, 0.5) is 10.4 Å². The smallest absolute Gasteiger partial charge is 0.322 e. The van der Waals surface area contributed by atoms with Gasteiger partial charge < -0.3 is 13.9 Å². The van der Waals surface area contributed by atoms with Crippen molar-refractivity contribution in [1.82, 2.24) is 10.2 Å². The van der Waals surface area contributed by atoms with E-state index in [9.17, 15) is 9.18 Å². The first-order valence-corrected chi connectivity index (χ1v) is 9.81. The highest BCUT2D eigenvalue weighted by Crippen LogP contribution is 2.33. The van der Waals surface area contributed by atoms with E-state index in [1.165, 1.54) is 19.2 Å². The number of hydrogen-bond acceptors (Lipinski definition) is 7. The Kier molecular flexibility index (Phi) is 7.07. The van der Waals surface area contributed by atoms with E-state index < -0.39 is 0 Å². The highest BCUT2D eigenvalue weighted by molar-refractivity contribution is 7.99. The minimum Gasteiger partial charge on any atom is -0.497 e. The van der Waals surface area contributed by atoms with Gasteiger partial charge in [-0.15, -0.1) is 16.9 Å². The molecule has 1 amide bonds. The normalized spacial score (nSPS) is 10.6. The lowest BCUT2D eigenvalue weighted by atomic mass is 10.2. The molecule has 0 aliphatic rings. The van der Waals surface area contributed by atoms with Gasteiger partial charge in [-0.1, -0.05) is 5.10 Å². The quantitative estimate of drug-likeness (QED) is 0.408. The average Bonchev–Trinajstić information content (AvgIpc) is 3.20. The molecule has 1 N–H and O–H groups in total. The summed E-state index contributed by atoms with van der Waals surface area (Å²) in [6.45, 7) is 0. The molecule has 0 spiro atoms. The number of anilines is 1. The fraction of sp³-hybridized carbons (Fsp3) is 0.250. The maximum absolute atomic E-state index is 12.9. The number of halogens is 1. The Labute approximate surface area is 171 Å². The minimum atomic E-state index is -0.264. The molecule has 2 aromatic carbocycles. The van der Waals surface area contributed by atoms with Crippen molar-refractivity contribution < 1.29 is 23.1 Å². The van der Waals surface area contributed by atoms with Crippen molar-refractivity contribution in [3.05, 3.63) is 48.3 Å². The molecular formula is C20H20FN3O4S. The van der Waals surface area contributed by atoms with Crippen LogP contribution >= 0.6 is 11.8 Å². The molecule has 0 unspecified atom stereocenters. The van der Waals surface area contributed by atoms with E-state index in [1.807, 2.05) is 0 Å². The minimum absolute atomic E-state index is 0.0223. The van der Waals surface area contributed by atoms with Gasteiger partial charge in [-0.05, 0) is 48.6 Å². The molecule has 0 saturated carbocycles. The zero-order chi connectivity index (χ0) is 20.6. The number of rotatable bonds is 9. The SMILES string of the molecule is COc1ccc(-c2nnc(NC(=O)CCCSc3ccc(F)cc3)o2)c(OC)c1. The van der Waals surface area contributed by atoms with Crippen molar-refractivity contribution in [2.75, 3.05) is 25.3 Å². The number of amides is 1. The summed E-state index contributed by atoms with van der Waals surface area (Å²) >= 11 is 1.56. The molecule has 0 atom stereocenters. The first-order valence-electron chi connectivity index (χ1n) is 8.83. The van der Waals surface area contributed by atoms with Crippen LogP contribution in [0.5, 0.6) is 11.5 Å². The summed E-state index contributed by atoms with van der Waals surface area (Å²) in [4.78, 5) is 13.0. The van der Waals surface area contributed by atoms with Crippen LogP contribution in [0.3, 0.4) is 0 Å². The Morgan fingerprint density at radius 3 is 2.66 bits per heavy atom. The Bertz CT molecular complexity index is 963. The van der Waals surface area contributed by atoms with Crippen LogP contribution in [-0.4, -0.2) is 36.1 Å². The summed E-state index contributed by atoms with van der Waals surface area (Å²) in [5.74, 6) is 1.63. The number of hydrogen-bond donors (Lipinski definition) is 1. The molecule has 3 rings (SSSR count). The Hall–Kier alpha value is -3.07. The van der Waals surface area contributed by atoms with Gasteiger partial charge in [-0.25, -0.2) is 4.39 Å². The van der Waals surface area contributed by atoms with Gasteiger partial charge in [0.15, 0.2) is 0 Å². The highest BCUT2D eigenvalue weighted by Gasteiger charge is 2.15. The van der Waals surface area contributed by atoms with Crippen molar-refractivity contribution in [2.24, 2.45) is 0 Å². The Morgan fingerprint density at radius 2 is 1.93 bits per heavy atom. The molecule has 0 bridgehead atoms. The van der Waals surface area contributed by atoms with Gasteiger partial charge in [0.25, 0.3) is 5.89 Å². The molecule has 1 heterocycles. The number of nitrogens with one attached hydrogen (secondary N) is 1. The number of carbonyl (C=O) groups excluding carboxylic acids is 1. The van der Waals surface area contributed by atoms with Gasteiger partial charge in [0, 0.05) is 17.4 Å². The van der Waals surface area contributed by atoms with Gasteiger partial charge in [0.1, 0.15) is 17.3 Å². The van der Waals surface area contributed by atoms with E-state index in [1.54, 1.807) is 49.2 Å². The second kappa shape index (κ2) is 9.92. The number of ether oxygens (including phenoxy) is 2. The summed E-state index contributed by atoms with van der Waals surface area (Å²) in [6, 6.07) is 11.5. The van der Waals surface area contributed by atoms with E-state index in [-0.39, 0.29) is 23.6 Å². The van der Waals surface area contributed by atoms with Crippen LogP contribution in [-0.2, 0) is 4.79 Å². The highest BCUT2D eigenvalue weighted by atomic mass is 32.2. The third kappa shape index (κ3) is 5.71. The topological polar surface area (TPSA) is 86.5 Å². The number of benzene rings is 2. The molecule has 9 heteroatoms. The van der Waals surface area contributed by atoms with Crippen LogP contribution in [0.25, 0.3) is 11.5 Å². The Balaban J connectivity index is 1.50. The predicted octanol–water partition coefficient (Wildman–Crippen LogP) is 4.40. The van der Waals surface area contributed by atoms with Crippen molar-refractivity contribution in [3.8, 4) is 23.0 Å². The monoisotopic (exact) mass is 417 g/mol. The van der Waals surface area contributed by atoms with Crippen LogP contribution in [0, 0.1) is 5.82 Å². The van der Waals surface area contributed by atoms with Gasteiger partial charge in [-0.3, -0.25) is 10.1 Å². The molecule has 0 aliphatic carbocycles. The average molecular weight is 417 g/mol. The van der Waals surface area contributed by atoms with Crippen LogP contribution in [0.1, 0.15) is 12.8 Å². The number of carbonyl (C=O) groups is 1. The van der Waals surface area contributed by atoms with E-state index in [2.05, 4.69) is 15.5 Å². The maximum atomic E-state index is 12.9. The fourth-order valence-corrected chi connectivity index (χ4v) is 3.35. The molecular weight excluding hydrogens is 397 g/mol. The van der Waals surface area contributed by atoms with E-state index in [0.717, 1.165) is 10.6 Å². The first-order chi connectivity index (χ1) is 14.1. The van der Waals surface area contributed by atoms with Gasteiger partial charge in [-0.2, -0.15) is 0 Å². The summed E-state index contributed by atoms with van der Waals surface area (Å²) in [5, 5.41) is 10.4. The molecule has 29 heavy (non-hydrogen) atoms. The molecule has 0 aliphatic heterocycles. The third-order valence-electron chi connectivity index (χ3n) is 3.94. The largest absolute Gasteiger partial charge is 0.497 e. The summed E-state index contributed by atoms with van der Waals surface area (Å²) in [7, 11) is 3.09. The summed E-state index contributed by atoms with van der Waals surface area (Å²) < 4.78 is 28.9. The lowest BCUT2D eigenvalue weighted by Crippen LogP contribution is -2.11. The summed E-state index contributed by atoms with van der Waals surface area (Å²) in [5.41, 5.74) is 0.594. The number of thioether (sulfide) groups is 1. The van der Waals surface area contributed by atoms with Gasteiger partial charge >= 0.3 is 6.01 Å². The van der Waals surface area contributed by atoms with E-state index >= 15 is 0 Å². The van der Waals surface area contributed by atoms with E-state index in [4.69, 9.17) is 13.9 Å². The third-order valence-corrected chi connectivity index (χ3v) is 5.04. The van der Waals surface area contributed by atoms with Crippen molar-refractivity contribution in [2.45, 2.75) is 17.7 Å². The second-order valence-corrected chi connectivity index (χ2v) is 7.10. The van der Waals surface area contributed by atoms with Crippen LogP contribution in [0.2, 0.25) is 0 Å². The first kappa shape index (κ1) is 20.7. The van der Waals surface area contributed by atoms with Crippen molar-refractivity contribution in [3.63, 3.8) is 0 Å². The predicted molar refractivity (Wildman–Crippen MR) is 108 cm³/mol. The molecule has 3 aromatic rings. The molecule has 7 nitrogen and oxygen atoms in total. The fourth-order valence-electron chi connectivity index (χ4n) is 2.49. The zero-order valence-electron chi connectivity index (χ0n) is 16.0. The molecule has 0 saturated heterocycles. The zero-order valence-corrected chi connectivity index (χ0v) is 16.8. The summed E-state index contributed by atoms with van der Waals surface area (Å²) in [6.07, 6.45) is 0.957. The molecule has 1 aromatic heterocycles. The van der Waals surface area contributed by atoms with E-state index in [0.29, 0.717) is 29.9 Å². The maximum Gasteiger partial charge on any atom is 0.322 e. The number of methoxy groups -OCH3 is 2. The van der Waals surface area contributed by atoms with Crippen molar-refractivity contribution >= 4 is 23.7 Å². The molecule has 0 fully saturated rings. The number of aromatic nitrogens is 2. The van der Waals surface area contributed by atoms with Crippen LogP contribution in [0.15, 0.2) is 51.8 Å². The molecule has 152 valence electrons. The number of nitrogens with zero attached hydrogens (tertiary/aromatic N) is 2. The van der Waals surface area contributed by atoms with Gasteiger partial charge in [0.05, 0.1) is 19.8 Å². The lowest BCUT2D eigenvalue weighted by Gasteiger charge is -2.07. The van der Waals surface area contributed by atoms with Crippen molar-refractivity contribution in [1.29, 1.82) is 0 Å². The van der Waals surface area contributed by atoms with Crippen LogP contribution < -0.4 is 14.8 Å². The van der Waals surface area contributed by atoms with Gasteiger partial charge in [0.2, 0.25) is 5.91 Å². The molecule has 0 radical (unpaired) electrons.